The molecule has 0 unspecified atom stereocenters. The van der Waals surface area contributed by atoms with Gasteiger partial charge < -0.3 is 5.32 Å². The van der Waals surface area contributed by atoms with Crippen molar-refractivity contribution in [3.8, 4) is 0 Å². The van der Waals surface area contributed by atoms with Crippen molar-refractivity contribution >= 4 is 23.2 Å². The molecule has 0 aromatic heterocycles. The molecule has 1 amide bonds. The average molecular weight is 308 g/mol. The zero-order valence-corrected chi connectivity index (χ0v) is 13.7. The van der Waals surface area contributed by atoms with Gasteiger partial charge in [0.25, 0.3) is 5.91 Å². The third-order valence-corrected chi connectivity index (χ3v) is 3.64. The fourth-order valence-corrected chi connectivity index (χ4v) is 3.09. The average Bonchev–Trinajstić information content (AvgIpc) is 2.33. The summed E-state index contributed by atoms with van der Waals surface area (Å²) in [4.78, 5) is 12.0. The van der Waals surface area contributed by atoms with Crippen LogP contribution in [-0.4, -0.2) is 22.7 Å². The van der Waals surface area contributed by atoms with Gasteiger partial charge in [0.05, 0.1) is 0 Å². The van der Waals surface area contributed by atoms with Crippen LogP contribution in [0.2, 0.25) is 5.02 Å². The number of carbonyl (C=O) groups is 1. The number of nitrogens with one attached hydrogen (secondary N) is 2. The Hall–Kier alpha value is -1.39. The molecule has 1 aromatic rings. The van der Waals surface area contributed by atoms with Gasteiger partial charge in [-0.2, -0.15) is 5.10 Å². The van der Waals surface area contributed by atoms with Crippen molar-refractivity contribution in [2.45, 2.75) is 51.6 Å². The highest BCUT2D eigenvalue weighted by molar-refractivity contribution is 6.30. The number of hydrogen-bond donors (Lipinski definition) is 2. The van der Waals surface area contributed by atoms with Crippen LogP contribution in [-0.2, 0) is 0 Å². The second-order valence-electron chi connectivity index (χ2n) is 6.87. The van der Waals surface area contributed by atoms with Gasteiger partial charge in [-0.25, -0.2) is 5.43 Å². The molecular weight excluding hydrogens is 286 g/mol. The highest BCUT2D eigenvalue weighted by Gasteiger charge is 2.35. The lowest BCUT2D eigenvalue weighted by atomic mass is 9.81. The van der Waals surface area contributed by atoms with Crippen LogP contribution in [0.25, 0.3) is 0 Å². The summed E-state index contributed by atoms with van der Waals surface area (Å²) in [6, 6.07) is 6.77. The molecule has 5 heteroatoms. The van der Waals surface area contributed by atoms with Gasteiger partial charge >= 0.3 is 0 Å². The van der Waals surface area contributed by atoms with E-state index in [2.05, 4.69) is 43.5 Å². The minimum Gasteiger partial charge on any atom is -0.306 e. The Morgan fingerprint density at radius 1 is 1.14 bits per heavy atom. The number of rotatable bonds is 2. The van der Waals surface area contributed by atoms with Crippen LogP contribution in [0.5, 0.6) is 0 Å². The molecular formula is C16H22ClN3O. The number of carbonyl (C=O) groups excluding carboxylic acids is 1. The van der Waals surface area contributed by atoms with Gasteiger partial charge in [-0.3, -0.25) is 4.79 Å². The summed E-state index contributed by atoms with van der Waals surface area (Å²) in [5.41, 5.74) is 4.16. The Morgan fingerprint density at radius 2 is 1.67 bits per heavy atom. The van der Waals surface area contributed by atoms with Crippen molar-refractivity contribution in [3.63, 3.8) is 0 Å². The molecule has 2 rings (SSSR count). The summed E-state index contributed by atoms with van der Waals surface area (Å²) in [5, 5.41) is 8.51. The number of piperidine rings is 1. The van der Waals surface area contributed by atoms with E-state index in [1.165, 1.54) is 0 Å². The number of amides is 1. The first-order chi connectivity index (χ1) is 9.67. The van der Waals surface area contributed by atoms with E-state index in [1.54, 1.807) is 24.3 Å². The third-order valence-electron chi connectivity index (χ3n) is 3.39. The molecule has 0 atom stereocenters. The first-order valence-electron chi connectivity index (χ1n) is 7.08. The standard InChI is InChI=1S/C16H22ClN3O/c1-15(2)9-13(10-16(3,4)20-15)18-19-14(21)11-5-7-12(17)8-6-11/h5-8,20H,9-10H2,1-4H3,(H,19,21). The lowest BCUT2D eigenvalue weighted by molar-refractivity contribution is 0.0954. The topological polar surface area (TPSA) is 53.5 Å². The summed E-state index contributed by atoms with van der Waals surface area (Å²) in [7, 11) is 0. The lowest BCUT2D eigenvalue weighted by Crippen LogP contribution is -2.58. The van der Waals surface area contributed by atoms with Crippen molar-refractivity contribution in [2.24, 2.45) is 5.10 Å². The highest BCUT2D eigenvalue weighted by Crippen LogP contribution is 2.26. The SMILES string of the molecule is CC1(C)CC(=NNC(=O)c2ccc(Cl)cc2)CC(C)(C)N1. The zero-order valence-electron chi connectivity index (χ0n) is 13.0. The Bertz CT molecular complexity index is 543. The van der Waals surface area contributed by atoms with E-state index >= 15 is 0 Å². The van der Waals surface area contributed by atoms with Gasteiger partial charge in [-0.15, -0.1) is 0 Å². The van der Waals surface area contributed by atoms with Crippen molar-refractivity contribution in [1.29, 1.82) is 0 Å². The molecule has 0 saturated carbocycles. The van der Waals surface area contributed by atoms with Crippen LogP contribution in [0.4, 0.5) is 0 Å². The predicted octanol–water partition coefficient (Wildman–Crippen LogP) is 3.37. The Balaban J connectivity index is 2.06. The number of hydrogen-bond acceptors (Lipinski definition) is 3. The fraction of sp³-hybridized carbons (Fsp3) is 0.500. The predicted molar refractivity (Wildman–Crippen MR) is 86.9 cm³/mol. The minimum atomic E-state index is -0.215. The molecule has 21 heavy (non-hydrogen) atoms. The summed E-state index contributed by atoms with van der Waals surface area (Å²) in [5.74, 6) is -0.215. The van der Waals surface area contributed by atoms with Gasteiger partial charge in [0, 0.05) is 40.2 Å². The molecule has 1 aliphatic heterocycles. The molecule has 1 heterocycles. The van der Waals surface area contributed by atoms with E-state index in [-0.39, 0.29) is 17.0 Å². The summed E-state index contributed by atoms with van der Waals surface area (Å²) >= 11 is 5.81. The minimum absolute atomic E-state index is 0.0222. The van der Waals surface area contributed by atoms with Crippen LogP contribution < -0.4 is 10.7 Å². The highest BCUT2D eigenvalue weighted by atomic mass is 35.5. The van der Waals surface area contributed by atoms with Gasteiger partial charge in [-0.1, -0.05) is 11.6 Å². The van der Waals surface area contributed by atoms with Crippen molar-refractivity contribution < 1.29 is 4.79 Å². The molecule has 114 valence electrons. The molecule has 0 radical (unpaired) electrons. The summed E-state index contributed by atoms with van der Waals surface area (Å²) in [6.45, 7) is 8.57. The molecule has 2 N–H and O–H groups in total. The number of halogens is 1. The molecule has 0 bridgehead atoms. The van der Waals surface area contributed by atoms with E-state index < -0.39 is 0 Å². The summed E-state index contributed by atoms with van der Waals surface area (Å²) in [6.07, 6.45) is 1.63. The fourth-order valence-electron chi connectivity index (χ4n) is 2.96. The molecule has 0 spiro atoms. The first kappa shape index (κ1) is 16.0. The third kappa shape index (κ3) is 4.55. The quantitative estimate of drug-likeness (QED) is 0.823. The van der Waals surface area contributed by atoms with E-state index in [0.717, 1.165) is 18.6 Å². The van der Waals surface area contributed by atoms with Crippen molar-refractivity contribution in [2.75, 3.05) is 0 Å². The van der Waals surface area contributed by atoms with Crippen LogP contribution in [0.3, 0.4) is 0 Å². The van der Waals surface area contributed by atoms with Gasteiger partial charge in [0.2, 0.25) is 0 Å². The smallest absolute Gasteiger partial charge is 0.271 e. The van der Waals surface area contributed by atoms with Crippen molar-refractivity contribution in [1.82, 2.24) is 10.7 Å². The second kappa shape index (κ2) is 5.78. The lowest BCUT2D eigenvalue weighted by Gasteiger charge is -2.43. The van der Waals surface area contributed by atoms with Crippen molar-refractivity contribution in [3.05, 3.63) is 34.9 Å². The maximum atomic E-state index is 12.0. The summed E-state index contributed by atoms with van der Waals surface area (Å²) < 4.78 is 0. The molecule has 1 aliphatic rings. The van der Waals surface area contributed by atoms with Gasteiger partial charge in [-0.05, 0) is 52.0 Å². The van der Waals surface area contributed by atoms with E-state index in [0.29, 0.717) is 10.6 Å². The van der Waals surface area contributed by atoms with Crippen LogP contribution in [0, 0.1) is 0 Å². The number of hydrazone groups is 1. The normalized spacial score (nSPS) is 20.0. The van der Waals surface area contributed by atoms with Gasteiger partial charge in [0.15, 0.2) is 0 Å². The van der Waals surface area contributed by atoms with E-state index in [9.17, 15) is 4.79 Å². The monoisotopic (exact) mass is 307 g/mol. The number of nitrogens with zero attached hydrogens (tertiary/aromatic N) is 1. The Labute approximate surface area is 131 Å². The molecule has 4 nitrogen and oxygen atoms in total. The second-order valence-corrected chi connectivity index (χ2v) is 7.31. The largest absolute Gasteiger partial charge is 0.306 e. The maximum absolute atomic E-state index is 12.0. The number of benzene rings is 1. The molecule has 1 aromatic carbocycles. The van der Waals surface area contributed by atoms with Crippen LogP contribution in [0.1, 0.15) is 50.9 Å². The molecule has 1 saturated heterocycles. The molecule has 1 fully saturated rings. The van der Waals surface area contributed by atoms with E-state index in [4.69, 9.17) is 11.6 Å². The maximum Gasteiger partial charge on any atom is 0.271 e. The molecule has 0 aliphatic carbocycles. The van der Waals surface area contributed by atoms with Gasteiger partial charge in [0.1, 0.15) is 0 Å². The first-order valence-corrected chi connectivity index (χ1v) is 7.45. The van der Waals surface area contributed by atoms with Crippen LogP contribution in [0.15, 0.2) is 29.4 Å². The van der Waals surface area contributed by atoms with Crippen LogP contribution >= 0.6 is 11.6 Å². The Morgan fingerprint density at radius 3 is 2.19 bits per heavy atom. The Kier molecular flexibility index (Phi) is 4.40. The zero-order chi connectivity index (χ0) is 15.7. The van der Waals surface area contributed by atoms with E-state index in [1.807, 2.05) is 0 Å².